The minimum Gasteiger partial charge on any atom is -0.306 e. The van der Waals surface area contributed by atoms with Crippen LogP contribution in [0.2, 0.25) is 0 Å². The van der Waals surface area contributed by atoms with Crippen LogP contribution < -0.4 is 10.0 Å². The highest BCUT2D eigenvalue weighted by atomic mass is 32.2. The first kappa shape index (κ1) is 12.8. The van der Waals surface area contributed by atoms with Crippen molar-refractivity contribution in [2.45, 2.75) is 23.8 Å². The van der Waals surface area contributed by atoms with E-state index < -0.39 is 4.92 Å². The van der Waals surface area contributed by atoms with Crippen LogP contribution in [-0.4, -0.2) is 23.4 Å². The lowest BCUT2D eigenvalue weighted by atomic mass is 10.2. The molecule has 18 heavy (non-hydrogen) atoms. The third kappa shape index (κ3) is 2.99. The van der Waals surface area contributed by atoms with Gasteiger partial charge in [-0.25, -0.2) is 0 Å². The maximum atomic E-state index is 11.7. The van der Waals surface area contributed by atoms with E-state index in [9.17, 15) is 14.9 Å². The molecule has 0 aliphatic carbocycles. The van der Waals surface area contributed by atoms with E-state index in [0.29, 0.717) is 4.90 Å². The smallest absolute Gasteiger partial charge is 0.284 e. The first-order valence-electron chi connectivity index (χ1n) is 5.62. The summed E-state index contributed by atoms with van der Waals surface area (Å²) in [5, 5.41) is 13.9. The molecular weight excluding hydrogens is 254 g/mol. The molecule has 1 heterocycles. The van der Waals surface area contributed by atoms with Gasteiger partial charge >= 0.3 is 0 Å². The van der Waals surface area contributed by atoms with Gasteiger partial charge in [-0.2, -0.15) is 0 Å². The molecule has 1 fully saturated rings. The number of hydrogen-bond donors (Lipinski definition) is 2. The molecule has 1 aliphatic rings. The Kier molecular flexibility index (Phi) is 4.16. The van der Waals surface area contributed by atoms with Gasteiger partial charge in [0.15, 0.2) is 0 Å². The summed E-state index contributed by atoms with van der Waals surface area (Å²) in [6.07, 6.45) is 1.79. The van der Waals surface area contributed by atoms with Crippen molar-refractivity contribution in [1.82, 2.24) is 10.0 Å². The summed E-state index contributed by atoms with van der Waals surface area (Å²) < 4.78 is 2.65. The second-order valence-corrected chi connectivity index (χ2v) is 4.79. The molecule has 1 atom stereocenters. The second-order valence-electron chi connectivity index (χ2n) is 3.94. The van der Waals surface area contributed by atoms with E-state index in [0.717, 1.165) is 31.3 Å². The van der Waals surface area contributed by atoms with E-state index in [1.807, 2.05) is 0 Å². The number of nitrogens with zero attached hydrogens (tertiary/aromatic N) is 1. The zero-order valence-electron chi connectivity index (χ0n) is 9.59. The summed E-state index contributed by atoms with van der Waals surface area (Å²) in [6, 6.07) is 6.16. The number of carbonyl (C=O) groups is 1. The molecular formula is C11H13N3O3S. The van der Waals surface area contributed by atoms with Crippen LogP contribution in [-0.2, 0) is 4.79 Å². The number of carbonyl (C=O) groups excluding carboxylic acids is 1. The fourth-order valence-electron chi connectivity index (χ4n) is 1.78. The molecule has 0 saturated carbocycles. The average Bonchev–Trinajstić information content (AvgIpc) is 2.90. The molecule has 6 nitrogen and oxygen atoms in total. The van der Waals surface area contributed by atoms with Gasteiger partial charge < -0.3 is 5.32 Å². The van der Waals surface area contributed by atoms with E-state index in [1.54, 1.807) is 18.2 Å². The molecule has 7 heteroatoms. The van der Waals surface area contributed by atoms with Crippen molar-refractivity contribution in [1.29, 1.82) is 0 Å². The molecule has 2 N–H and O–H groups in total. The molecule has 1 aromatic carbocycles. The maximum absolute atomic E-state index is 11.7. The van der Waals surface area contributed by atoms with Gasteiger partial charge in [-0.05, 0) is 37.4 Å². The second kappa shape index (κ2) is 5.83. The summed E-state index contributed by atoms with van der Waals surface area (Å²) in [5.41, 5.74) is 0.00202. The highest BCUT2D eigenvalue weighted by Crippen LogP contribution is 2.26. The molecule has 96 valence electrons. The SMILES string of the molecule is O=C(NSc1ccccc1[N+](=O)[O-])[C@@H]1CCCN1. The van der Waals surface area contributed by atoms with Crippen molar-refractivity contribution in [2.75, 3.05) is 6.54 Å². The molecule has 0 bridgehead atoms. The Morgan fingerprint density at radius 1 is 1.50 bits per heavy atom. The van der Waals surface area contributed by atoms with Gasteiger partial charge in [0.2, 0.25) is 5.91 Å². The third-order valence-corrected chi connectivity index (χ3v) is 3.57. The van der Waals surface area contributed by atoms with E-state index in [4.69, 9.17) is 0 Å². The quantitative estimate of drug-likeness (QED) is 0.490. The van der Waals surface area contributed by atoms with Crippen LogP contribution >= 0.6 is 11.9 Å². The van der Waals surface area contributed by atoms with Gasteiger partial charge in [-0.1, -0.05) is 12.1 Å². The number of benzene rings is 1. The van der Waals surface area contributed by atoms with Crippen LogP contribution in [0.25, 0.3) is 0 Å². The summed E-state index contributed by atoms with van der Waals surface area (Å²) in [5.74, 6) is -0.129. The molecule has 1 amide bonds. The standard InChI is InChI=1S/C11H13N3O3S/c15-11(8-4-3-7-12-8)13-18-10-6-2-1-5-9(10)14(16)17/h1-2,5-6,8,12H,3-4,7H2,(H,13,15)/t8-/m0/s1. The summed E-state index contributed by atoms with van der Waals surface area (Å²) in [7, 11) is 0. The largest absolute Gasteiger partial charge is 0.306 e. The number of nitrogens with one attached hydrogen (secondary N) is 2. The minimum atomic E-state index is -0.456. The third-order valence-electron chi connectivity index (χ3n) is 2.70. The summed E-state index contributed by atoms with van der Waals surface area (Å²) in [4.78, 5) is 22.5. The lowest BCUT2D eigenvalue weighted by molar-refractivity contribution is -0.387. The fourth-order valence-corrected chi connectivity index (χ4v) is 2.53. The Labute approximate surface area is 108 Å². The number of para-hydroxylation sites is 1. The number of nitro groups is 1. The van der Waals surface area contributed by atoms with Crippen LogP contribution in [0.1, 0.15) is 12.8 Å². The van der Waals surface area contributed by atoms with Crippen molar-refractivity contribution < 1.29 is 9.72 Å². The van der Waals surface area contributed by atoms with Gasteiger partial charge in [-0.15, -0.1) is 0 Å². The van der Waals surface area contributed by atoms with E-state index in [-0.39, 0.29) is 17.6 Å². The maximum Gasteiger partial charge on any atom is 0.284 e. The fraction of sp³-hybridized carbons (Fsp3) is 0.364. The lowest BCUT2D eigenvalue weighted by Crippen LogP contribution is -2.37. The van der Waals surface area contributed by atoms with Crippen LogP contribution in [0, 0.1) is 10.1 Å². The van der Waals surface area contributed by atoms with Crippen molar-refractivity contribution in [3.05, 3.63) is 34.4 Å². The summed E-state index contributed by atoms with van der Waals surface area (Å²) in [6.45, 7) is 0.842. The highest BCUT2D eigenvalue weighted by molar-refractivity contribution is 7.98. The van der Waals surface area contributed by atoms with E-state index in [2.05, 4.69) is 10.0 Å². The molecule has 2 rings (SSSR count). The van der Waals surface area contributed by atoms with Crippen LogP contribution in [0.3, 0.4) is 0 Å². The predicted octanol–water partition coefficient (Wildman–Crippen LogP) is 1.47. The molecule has 0 radical (unpaired) electrons. The summed E-state index contributed by atoms with van der Waals surface area (Å²) >= 11 is 0.989. The Bertz CT molecular complexity index is 461. The average molecular weight is 267 g/mol. The molecule has 0 unspecified atom stereocenters. The number of nitro benzene ring substituents is 1. The first-order valence-corrected chi connectivity index (χ1v) is 6.43. The molecule has 1 aliphatic heterocycles. The first-order chi connectivity index (χ1) is 8.68. The minimum absolute atomic E-state index is 0.00202. The van der Waals surface area contributed by atoms with E-state index >= 15 is 0 Å². The molecule has 1 aromatic rings. The van der Waals surface area contributed by atoms with Gasteiger partial charge in [0.1, 0.15) is 4.90 Å². The van der Waals surface area contributed by atoms with Gasteiger partial charge in [0.05, 0.1) is 11.0 Å². The molecule has 0 spiro atoms. The lowest BCUT2D eigenvalue weighted by Gasteiger charge is -2.10. The van der Waals surface area contributed by atoms with Crippen molar-refractivity contribution in [3.8, 4) is 0 Å². The van der Waals surface area contributed by atoms with Crippen LogP contribution in [0.15, 0.2) is 29.2 Å². The van der Waals surface area contributed by atoms with Gasteiger partial charge in [0.25, 0.3) is 5.69 Å². The van der Waals surface area contributed by atoms with Crippen LogP contribution in [0.5, 0.6) is 0 Å². The number of amides is 1. The van der Waals surface area contributed by atoms with Crippen molar-refractivity contribution >= 4 is 23.5 Å². The van der Waals surface area contributed by atoms with Gasteiger partial charge in [-0.3, -0.25) is 19.6 Å². The zero-order chi connectivity index (χ0) is 13.0. The monoisotopic (exact) mass is 267 g/mol. The Hall–Kier alpha value is -1.60. The van der Waals surface area contributed by atoms with Crippen LogP contribution in [0.4, 0.5) is 5.69 Å². The Balaban J connectivity index is 1.97. The number of rotatable bonds is 4. The predicted molar refractivity (Wildman–Crippen MR) is 68.1 cm³/mol. The highest BCUT2D eigenvalue weighted by Gasteiger charge is 2.23. The van der Waals surface area contributed by atoms with Gasteiger partial charge in [0, 0.05) is 6.07 Å². The normalized spacial score (nSPS) is 18.6. The van der Waals surface area contributed by atoms with Crippen molar-refractivity contribution in [3.63, 3.8) is 0 Å². The number of hydrogen-bond acceptors (Lipinski definition) is 5. The molecule has 0 aromatic heterocycles. The Morgan fingerprint density at radius 2 is 2.28 bits per heavy atom. The zero-order valence-corrected chi connectivity index (χ0v) is 10.4. The van der Waals surface area contributed by atoms with E-state index in [1.165, 1.54) is 6.07 Å². The van der Waals surface area contributed by atoms with Crippen molar-refractivity contribution in [2.24, 2.45) is 0 Å². The topological polar surface area (TPSA) is 84.3 Å². The molecule has 1 saturated heterocycles. The Morgan fingerprint density at radius 3 is 2.94 bits per heavy atom.